The van der Waals surface area contributed by atoms with E-state index in [0.29, 0.717) is 11.1 Å². The number of benzene rings is 1. The highest BCUT2D eigenvalue weighted by atomic mass is 16.6. The van der Waals surface area contributed by atoms with Gasteiger partial charge in [-0.25, -0.2) is 4.79 Å². The van der Waals surface area contributed by atoms with Crippen LogP contribution in [0.4, 0.5) is 11.4 Å². The molecule has 0 amide bonds. The molecule has 2 rings (SSSR count). The highest BCUT2D eigenvalue weighted by Crippen LogP contribution is 2.35. The van der Waals surface area contributed by atoms with Crippen molar-refractivity contribution in [2.75, 3.05) is 12.8 Å². The summed E-state index contributed by atoms with van der Waals surface area (Å²) in [7, 11) is 1.19. The SMILES string of the molecule is COC(=O)c1cc([N+](=O)[O-])c(N)c2cc(C)oc12. The first-order valence-electron chi connectivity index (χ1n) is 5.01. The van der Waals surface area contributed by atoms with Gasteiger partial charge in [-0.15, -0.1) is 0 Å². The molecule has 0 bridgehead atoms. The van der Waals surface area contributed by atoms with Crippen LogP contribution in [0.1, 0.15) is 16.1 Å². The lowest BCUT2D eigenvalue weighted by Crippen LogP contribution is -2.05. The van der Waals surface area contributed by atoms with Crippen LogP contribution in [0, 0.1) is 17.0 Å². The summed E-state index contributed by atoms with van der Waals surface area (Å²) in [5.41, 5.74) is 5.50. The van der Waals surface area contributed by atoms with Crippen LogP contribution in [-0.2, 0) is 4.74 Å². The number of nitro groups is 1. The Balaban J connectivity index is 2.88. The van der Waals surface area contributed by atoms with Crippen molar-refractivity contribution >= 4 is 28.3 Å². The number of rotatable bonds is 2. The minimum Gasteiger partial charge on any atom is -0.465 e. The first-order valence-corrected chi connectivity index (χ1v) is 5.01. The fourth-order valence-corrected chi connectivity index (χ4v) is 1.74. The normalized spacial score (nSPS) is 10.6. The molecule has 0 fully saturated rings. The molecular weight excluding hydrogens is 240 g/mol. The van der Waals surface area contributed by atoms with E-state index in [9.17, 15) is 14.9 Å². The molecular formula is C11H10N2O5. The summed E-state index contributed by atoms with van der Waals surface area (Å²) in [6, 6.07) is 2.61. The topological polar surface area (TPSA) is 109 Å². The van der Waals surface area contributed by atoms with Crippen LogP contribution in [0.2, 0.25) is 0 Å². The predicted octanol–water partition coefficient (Wildman–Crippen LogP) is 2.02. The van der Waals surface area contributed by atoms with E-state index in [2.05, 4.69) is 4.74 Å². The summed E-state index contributed by atoms with van der Waals surface area (Å²) in [5.74, 6) is -0.209. The number of hydrogen-bond donors (Lipinski definition) is 1. The molecule has 0 spiro atoms. The maximum Gasteiger partial charge on any atom is 0.341 e. The van der Waals surface area contributed by atoms with Crippen LogP contribution in [0.5, 0.6) is 0 Å². The van der Waals surface area contributed by atoms with Gasteiger partial charge in [0.25, 0.3) is 5.69 Å². The number of nitro benzene ring substituents is 1. The summed E-state index contributed by atoms with van der Waals surface area (Å²) in [6.45, 7) is 1.66. The van der Waals surface area contributed by atoms with Crippen LogP contribution in [0.3, 0.4) is 0 Å². The second-order valence-electron chi connectivity index (χ2n) is 3.71. The lowest BCUT2D eigenvalue weighted by Gasteiger charge is -2.03. The molecule has 18 heavy (non-hydrogen) atoms. The molecule has 0 saturated heterocycles. The third-order valence-electron chi connectivity index (χ3n) is 2.55. The second kappa shape index (κ2) is 4.02. The highest BCUT2D eigenvalue weighted by molar-refractivity contribution is 6.08. The summed E-state index contributed by atoms with van der Waals surface area (Å²) in [6.07, 6.45) is 0. The zero-order valence-corrected chi connectivity index (χ0v) is 9.72. The molecule has 94 valence electrons. The number of ether oxygens (including phenoxy) is 1. The number of carbonyl (C=O) groups excluding carboxylic acids is 1. The summed E-state index contributed by atoms with van der Waals surface area (Å²) < 4.78 is 9.90. The Hall–Kier alpha value is -2.57. The fraction of sp³-hybridized carbons (Fsp3) is 0.182. The van der Waals surface area contributed by atoms with Gasteiger partial charge in [0.1, 0.15) is 17.0 Å². The lowest BCUT2D eigenvalue weighted by atomic mass is 10.1. The van der Waals surface area contributed by atoms with Crippen molar-refractivity contribution in [1.29, 1.82) is 0 Å². The predicted molar refractivity (Wildman–Crippen MR) is 63.4 cm³/mol. The number of nitrogen functional groups attached to an aromatic ring is 1. The number of furan rings is 1. The van der Waals surface area contributed by atoms with E-state index in [1.54, 1.807) is 13.0 Å². The van der Waals surface area contributed by atoms with Gasteiger partial charge in [0.2, 0.25) is 0 Å². The molecule has 2 N–H and O–H groups in total. The molecule has 0 saturated carbocycles. The van der Waals surface area contributed by atoms with Crippen LogP contribution in [-0.4, -0.2) is 18.0 Å². The van der Waals surface area contributed by atoms with Crippen LogP contribution in [0.15, 0.2) is 16.5 Å². The second-order valence-corrected chi connectivity index (χ2v) is 3.71. The van der Waals surface area contributed by atoms with Gasteiger partial charge >= 0.3 is 5.97 Å². The van der Waals surface area contributed by atoms with Gasteiger partial charge in [-0.1, -0.05) is 0 Å². The number of fused-ring (bicyclic) bond motifs is 1. The third-order valence-corrected chi connectivity index (χ3v) is 2.55. The van der Waals surface area contributed by atoms with Gasteiger partial charge in [0, 0.05) is 6.07 Å². The average Bonchev–Trinajstić information content (AvgIpc) is 2.70. The maximum absolute atomic E-state index is 11.6. The highest BCUT2D eigenvalue weighted by Gasteiger charge is 2.24. The van der Waals surface area contributed by atoms with Gasteiger partial charge in [0.15, 0.2) is 5.58 Å². The van der Waals surface area contributed by atoms with Crippen molar-refractivity contribution in [1.82, 2.24) is 0 Å². The van der Waals surface area contributed by atoms with E-state index in [1.165, 1.54) is 7.11 Å². The third kappa shape index (κ3) is 1.65. The molecule has 7 heteroatoms. The number of carbonyl (C=O) groups is 1. The monoisotopic (exact) mass is 250 g/mol. The van der Waals surface area contributed by atoms with Crippen molar-refractivity contribution in [3.63, 3.8) is 0 Å². The summed E-state index contributed by atoms with van der Waals surface area (Å²) in [5, 5.41) is 11.2. The number of anilines is 1. The number of aryl methyl sites for hydroxylation is 1. The van der Waals surface area contributed by atoms with Crippen molar-refractivity contribution in [3.05, 3.63) is 33.6 Å². The minimum absolute atomic E-state index is 0.0125. The molecule has 0 radical (unpaired) electrons. The first kappa shape index (κ1) is 11.9. The lowest BCUT2D eigenvalue weighted by molar-refractivity contribution is -0.383. The molecule has 0 aliphatic carbocycles. The molecule has 1 aromatic carbocycles. The Labute approximate surface area is 101 Å². The molecule has 1 aromatic heterocycles. The number of esters is 1. The first-order chi connectivity index (χ1) is 8.45. The van der Waals surface area contributed by atoms with Gasteiger partial charge in [-0.3, -0.25) is 10.1 Å². The molecule has 0 unspecified atom stereocenters. The molecule has 0 atom stereocenters. The number of nitrogens with zero attached hydrogens (tertiary/aromatic N) is 1. The number of hydrogen-bond acceptors (Lipinski definition) is 6. The quantitative estimate of drug-likeness (QED) is 0.378. The van der Waals surface area contributed by atoms with Crippen molar-refractivity contribution in [2.45, 2.75) is 6.92 Å². The zero-order chi connectivity index (χ0) is 13.4. The Morgan fingerprint density at radius 2 is 2.17 bits per heavy atom. The molecule has 1 heterocycles. The molecule has 2 aromatic rings. The van der Waals surface area contributed by atoms with Crippen LogP contribution >= 0.6 is 0 Å². The number of nitrogens with two attached hydrogens (primary N) is 1. The largest absolute Gasteiger partial charge is 0.465 e. The van der Waals surface area contributed by atoms with Gasteiger partial charge < -0.3 is 14.9 Å². The standard InChI is InChI=1S/C11H10N2O5/c1-5-3-6-9(12)8(13(15)16)4-7(10(6)18-5)11(14)17-2/h3-4H,12H2,1-2H3. The van der Waals surface area contributed by atoms with Gasteiger partial charge in [-0.2, -0.15) is 0 Å². The van der Waals surface area contributed by atoms with E-state index in [1.807, 2.05) is 0 Å². The maximum atomic E-state index is 11.6. The van der Waals surface area contributed by atoms with Gasteiger partial charge in [0.05, 0.1) is 17.4 Å². The molecule has 7 nitrogen and oxygen atoms in total. The van der Waals surface area contributed by atoms with E-state index < -0.39 is 10.9 Å². The van der Waals surface area contributed by atoms with E-state index in [-0.39, 0.29) is 22.5 Å². The minimum atomic E-state index is -0.711. The van der Waals surface area contributed by atoms with E-state index >= 15 is 0 Å². The Morgan fingerprint density at radius 3 is 2.72 bits per heavy atom. The fourth-order valence-electron chi connectivity index (χ4n) is 1.74. The average molecular weight is 250 g/mol. The Bertz CT molecular complexity index is 659. The molecule has 0 aliphatic rings. The summed E-state index contributed by atoms with van der Waals surface area (Å²) in [4.78, 5) is 21.8. The smallest absolute Gasteiger partial charge is 0.341 e. The van der Waals surface area contributed by atoms with Crippen molar-refractivity contribution in [3.8, 4) is 0 Å². The van der Waals surface area contributed by atoms with E-state index in [0.717, 1.165) is 6.07 Å². The molecule has 0 aliphatic heterocycles. The van der Waals surface area contributed by atoms with Crippen molar-refractivity contribution < 1.29 is 18.9 Å². The van der Waals surface area contributed by atoms with Crippen LogP contribution in [0.25, 0.3) is 11.0 Å². The van der Waals surface area contributed by atoms with E-state index in [4.69, 9.17) is 10.2 Å². The summed E-state index contributed by atoms with van der Waals surface area (Å²) >= 11 is 0. The van der Waals surface area contributed by atoms with Gasteiger partial charge in [-0.05, 0) is 13.0 Å². The van der Waals surface area contributed by atoms with Crippen LogP contribution < -0.4 is 5.73 Å². The Morgan fingerprint density at radius 1 is 1.50 bits per heavy atom. The van der Waals surface area contributed by atoms with Crippen molar-refractivity contribution in [2.24, 2.45) is 0 Å². The zero-order valence-electron chi connectivity index (χ0n) is 9.72. The Kier molecular flexibility index (Phi) is 2.66. The number of methoxy groups -OCH3 is 1.